The number of hydrogen-bond donors (Lipinski definition) is 1. The number of esters is 1. The van der Waals surface area contributed by atoms with Gasteiger partial charge in [0.05, 0.1) is 6.04 Å². The summed E-state index contributed by atoms with van der Waals surface area (Å²) in [5, 5.41) is 2.89. The monoisotopic (exact) mass is 392 g/mol. The van der Waals surface area contributed by atoms with Gasteiger partial charge in [0.2, 0.25) is 5.89 Å². The molecule has 1 aromatic heterocycles. The summed E-state index contributed by atoms with van der Waals surface area (Å²) in [6.07, 6.45) is 0.728. The lowest BCUT2D eigenvalue weighted by Gasteiger charge is -2.17. The second-order valence-corrected chi connectivity index (χ2v) is 6.81. The highest BCUT2D eigenvalue weighted by atomic mass is 16.5. The van der Waals surface area contributed by atoms with Gasteiger partial charge in [-0.25, -0.2) is 9.78 Å². The minimum Gasteiger partial charge on any atom is -0.451 e. The first-order valence-corrected chi connectivity index (χ1v) is 9.53. The first-order chi connectivity index (χ1) is 14.0. The van der Waals surface area contributed by atoms with Gasteiger partial charge >= 0.3 is 5.97 Å². The maximum atomic E-state index is 12.4. The summed E-state index contributed by atoms with van der Waals surface area (Å²) < 4.78 is 10.7. The van der Waals surface area contributed by atoms with Crippen LogP contribution in [0.3, 0.4) is 0 Å². The second kappa shape index (κ2) is 9.19. The molecule has 0 aliphatic rings. The molecule has 0 radical (unpaired) electrons. The number of hydrogen-bond acceptors (Lipinski definition) is 5. The maximum absolute atomic E-state index is 12.4. The van der Waals surface area contributed by atoms with Gasteiger partial charge in [0.25, 0.3) is 5.91 Å². The molecule has 150 valence electrons. The summed E-state index contributed by atoms with van der Waals surface area (Å²) in [5.74, 6) is -0.368. The first-order valence-electron chi connectivity index (χ1n) is 9.53. The Hall–Kier alpha value is -3.41. The van der Waals surface area contributed by atoms with E-state index in [4.69, 9.17) is 9.15 Å². The molecule has 0 fully saturated rings. The predicted molar refractivity (Wildman–Crippen MR) is 109 cm³/mol. The number of benzene rings is 2. The summed E-state index contributed by atoms with van der Waals surface area (Å²) in [6.45, 7) is 5.26. The zero-order valence-electron chi connectivity index (χ0n) is 16.8. The van der Waals surface area contributed by atoms with Crippen molar-refractivity contribution >= 4 is 11.9 Å². The van der Waals surface area contributed by atoms with Gasteiger partial charge < -0.3 is 14.5 Å². The molecule has 0 aliphatic carbocycles. The van der Waals surface area contributed by atoms with Crippen LogP contribution in [-0.2, 0) is 9.53 Å². The van der Waals surface area contributed by atoms with Crippen LogP contribution in [0.2, 0.25) is 0 Å². The van der Waals surface area contributed by atoms with E-state index in [1.165, 1.54) is 0 Å². The Morgan fingerprint density at radius 3 is 2.41 bits per heavy atom. The van der Waals surface area contributed by atoms with Gasteiger partial charge in [-0.1, -0.05) is 55.0 Å². The number of carbonyl (C=O) groups is 2. The van der Waals surface area contributed by atoms with Crippen LogP contribution in [0.4, 0.5) is 0 Å². The van der Waals surface area contributed by atoms with Crippen LogP contribution >= 0.6 is 0 Å². The van der Waals surface area contributed by atoms with Gasteiger partial charge in [-0.15, -0.1) is 0 Å². The highest BCUT2D eigenvalue weighted by molar-refractivity contribution is 5.91. The zero-order chi connectivity index (χ0) is 20.8. The molecule has 0 saturated heterocycles. The van der Waals surface area contributed by atoms with Crippen molar-refractivity contribution in [3.8, 4) is 11.5 Å². The average molecular weight is 392 g/mol. The summed E-state index contributed by atoms with van der Waals surface area (Å²) in [4.78, 5) is 28.8. The Kier molecular flexibility index (Phi) is 6.44. The van der Waals surface area contributed by atoms with Gasteiger partial charge in [0.15, 0.2) is 12.3 Å². The molecule has 1 amide bonds. The van der Waals surface area contributed by atoms with Crippen molar-refractivity contribution in [1.29, 1.82) is 0 Å². The predicted octanol–water partition coefficient (Wildman–Crippen LogP) is 4.38. The topological polar surface area (TPSA) is 81.4 Å². The number of nitrogens with zero attached hydrogens (tertiary/aromatic N) is 1. The Morgan fingerprint density at radius 1 is 1.07 bits per heavy atom. The van der Waals surface area contributed by atoms with Crippen molar-refractivity contribution in [2.24, 2.45) is 0 Å². The molecule has 0 bridgehead atoms. The van der Waals surface area contributed by atoms with Crippen LogP contribution in [0.5, 0.6) is 0 Å². The number of nitrogens with one attached hydrogen (secondary N) is 1. The molecular formula is C23H24N2O4. The lowest BCUT2D eigenvalue weighted by atomic mass is 10.0. The van der Waals surface area contributed by atoms with Gasteiger partial charge in [-0.2, -0.15) is 0 Å². The van der Waals surface area contributed by atoms with Gasteiger partial charge in [-0.05, 0) is 38.0 Å². The molecule has 6 nitrogen and oxygen atoms in total. The minimum absolute atomic E-state index is 0.0715. The van der Waals surface area contributed by atoms with E-state index in [2.05, 4.69) is 10.3 Å². The number of ether oxygens (including phenoxy) is 1. The molecule has 0 unspecified atom stereocenters. The van der Waals surface area contributed by atoms with Gasteiger partial charge in [-0.3, -0.25) is 4.79 Å². The largest absolute Gasteiger partial charge is 0.451 e. The smallest absolute Gasteiger partial charge is 0.361 e. The summed E-state index contributed by atoms with van der Waals surface area (Å²) >= 11 is 0. The molecule has 0 spiro atoms. The fraction of sp³-hybridized carbons (Fsp3) is 0.261. The SMILES string of the molecule is CC[C@@H](NC(=O)COC(=O)c1nc(-c2ccccc2)oc1C)c1ccc(C)cc1. The zero-order valence-corrected chi connectivity index (χ0v) is 16.8. The maximum Gasteiger partial charge on any atom is 0.361 e. The molecule has 1 N–H and O–H groups in total. The molecule has 2 aromatic carbocycles. The number of oxazole rings is 1. The summed E-state index contributed by atoms with van der Waals surface area (Å²) in [5.41, 5.74) is 3.00. The molecule has 3 rings (SSSR count). The minimum atomic E-state index is -0.688. The Bertz CT molecular complexity index is 978. The van der Waals surface area contributed by atoms with Crippen molar-refractivity contribution in [3.05, 3.63) is 77.2 Å². The van der Waals surface area contributed by atoms with E-state index in [0.29, 0.717) is 11.7 Å². The van der Waals surface area contributed by atoms with Crippen molar-refractivity contribution in [3.63, 3.8) is 0 Å². The molecule has 0 saturated carbocycles. The summed E-state index contributed by atoms with van der Waals surface area (Å²) in [6, 6.07) is 17.1. The number of amides is 1. The number of rotatable bonds is 7. The molecule has 0 aliphatic heterocycles. The van der Waals surface area contributed by atoms with Crippen LogP contribution in [0.15, 0.2) is 59.0 Å². The third-order valence-electron chi connectivity index (χ3n) is 4.57. The third-order valence-corrected chi connectivity index (χ3v) is 4.57. The van der Waals surface area contributed by atoms with Gasteiger partial charge in [0, 0.05) is 5.56 Å². The van der Waals surface area contributed by atoms with Crippen LogP contribution in [-0.4, -0.2) is 23.5 Å². The van der Waals surface area contributed by atoms with Crippen LogP contribution in [0.25, 0.3) is 11.5 Å². The van der Waals surface area contributed by atoms with E-state index in [1.807, 2.05) is 68.4 Å². The normalized spacial score (nSPS) is 11.7. The average Bonchev–Trinajstić information content (AvgIpc) is 3.13. The second-order valence-electron chi connectivity index (χ2n) is 6.81. The molecule has 3 aromatic rings. The standard InChI is InChI=1S/C23H24N2O4/c1-4-19(17-12-10-15(2)11-13-17)24-20(26)14-28-23(27)21-16(3)29-22(25-21)18-8-6-5-7-9-18/h5-13,19H,4,14H2,1-3H3,(H,24,26)/t19-/m1/s1. The van der Waals surface area contributed by atoms with Gasteiger partial charge in [0.1, 0.15) is 5.76 Å². The van der Waals surface area contributed by atoms with E-state index in [9.17, 15) is 9.59 Å². The lowest BCUT2D eigenvalue weighted by Crippen LogP contribution is -2.32. The molecular weight excluding hydrogens is 368 g/mol. The fourth-order valence-corrected chi connectivity index (χ4v) is 2.95. The Labute approximate surface area is 169 Å². The van der Waals surface area contributed by atoms with Crippen molar-refractivity contribution < 1.29 is 18.7 Å². The number of carbonyl (C=O) groups excluding carboxylic acids is 2. The quantitative estimate of drug-likeness (QED) is 0.603. The third kappa shape index (κ3) is 5.10. The number of aromatic nitrogens is 1. The number of aryl methyl sites for hydroxylation is 2. The van der Waals surface area contributed by atoms with E-state index in [1.54, 1.807) is 6.92 Å². The van der Waals surface area contributed by atoms with E-state index >= 15 is 0 Å². The molecule has 1 heterocycles. The lowest BCUT2D eigenvalue weighted by molar-refractivity contribution is -0.125. The van der Waals surface area contributed by atoms with Crippen LogP contribution < -0.4 is 5.32 Å². The van der Waals surface area contributed by atoms with Crippen LogP contribution in [0, 0.1) is 13.8 Å². The van der Waals surface area contributed by atoms with Crippen molar-refractivity contribution in [2.75, 3.05) is 6.61 Å². The molecule has 6 heteroatoms. The molecule has 1 atom stereocenters. The highest BCUT2D eigenvalue weighted by Crippen LogP contribution is 2.22. The van der Waals surface area contributed by atoms with Crippen molar-refractivity contribution in [1.82, 2.24) is 10.3 Å². The van der Waals surface area contributed by atoms with Crippen LogP contribution in [0.1, 0.15) is 46.8 Å². The van der Waals surface area contributed by atoms with E-state index in [0.717, 1.165) is 23.1 Å². The summed E-state index contributed by atoms with van der Waals surface area (Å²) in [7, 11) is 0. The van der Waals surface area contributed by atoms with E-state index < -0.39 is 5.97 Å². The van der Waals surface area contributed by atoms with E-state index in [-0.39, 0.29) is 24.2 Å². The Balaban J connectivity index is 1.59. The molecule has 29 heavy (non-hydrogen) atoms. The first kappa shape index (κ1) is 20.3. The fourth-order valence-electron chi connectivity index (χ4n) is 2.95. The Morgan fingerprint density at radius 2 is 1.76 bits per heavy atom. The highest BCUT2D eigenvalue weighted by Gasteiger charge is 2.21. The van der Waals surface area contributed by atoms with Crippen molar-refractivity contribution in [2.45, 2.75) is 33.2 Å².